The maximum atomic E-state index is 11.5. The maximum Gasteiger partial charge on any atom is 0.317 e. The Morgan fingerprint density at radius 1 is 1.21 bits per heavy atom. The number of amides is 2. The smallest absolute Gasteiger partial charge is 0.317 e. The number of piperidine rings is 1. The molecule has 1 N–H and O–H groups in total. The minimum atomic E-state index is 0.104. The average molecular weight is 194 g/mol. The number of rotatable bonds is 1. The van der Waals surface area contributed by atoms with E-state index < -0.39 is 0 Å². The Morgan fingerprint density at radius 3 is 2.29 bits per heavy atom. The molecule has 0 aromatic carbocycles. The summed E-state index contributed by atoms with van der Waals surface area (Å²) in [6, 6.07) is 0.104. The number of allylic oxidation sites excluding steroid dienone is 1. The van der Waals surface area contributed by atoms with Crippen molar-refractivity contribution in [3.8, 4) is 0 Å². The van der Waals surface area contributed by atoms with Crippen LogP contribution in [0.15, 0.2) is 11.1 Å². The molecule has 3 nitrogen and oxygen atoms in total. The number of likely N-dealkylation sites (tertiary alicyclic amines) is 1. The van der Waals surface area contributed by atoms with E-state index in [1.54, 1.807) is 11.1 Å². The first-order valence-electron chi connectivity index (χ1n) is 5.54. The molecule has 2 amide bonds. The number of carbonyl (C=O) groups excluding carboxylic acids is 1. The third-order valence-electron chi connectivity index (χ3n) is 2.98. The zero-order valence-electron chi connectivity index (χ0n) is 8.81. The van der Waals surface area contributed by atoms with Crippen LogP contribution < -0.4 is 5.32 Å². The highest BCUT2D eigenvalue weighted by Gasteiger charge is 2.23. The predicted octanol–water partition coefficient (Wildman–Crippen LogP) is 1.90. The monoisotopic (exact) mass is 194 g/mol. The lowest BCUT2D eigenvalue weighted by molar-refractivity contribution is 0.194. The lowest BCUT2D eigenvalue weighted by Crippen LogP contribution is -2.43. The van der Waals surface area contributed by atoms with E-state index in [1.807, 2.05) is 11.8 Å². The summed E-state index contributed by atoms with van der Waals surface area (Å²) in [7, 11) is 0. The second kappa shape index (κ2) is 4.03. The van der Waals surface area contributed by atoms with Crippen LogP contribution >= 0.6 is 0 Å². The summed E-state index contributed by atoms with van der Waals surface area (Å²) in [5.74, 6) is 0. The van der Waals surface area contributed by atoms with Crippen LogP contribution in [0.5, 0.6) is 0 Å². The van der Waals surface area contributed by atoms with Crippen LogP contribution in [-0.2, 0) is 0 Å². The zero-order valence-corrected chi connectivity index (χ0v) is 8.81. The van der Waals surface area contributed by atoms with Gasteiger partial charge in [-0.05, 0) is 32.6 Å². The van der Waals surface area contributed by atoms with Gasteiger partial charge in [0.15, 0.2) is 0 Å². The van der Waals surface area contributed by atoms with E-state index in [0.29, 0.717) is 0 Å². The molecular formula is C11H18N2O. The Morgan fingerprint density at radius 2 is 1.79 bits per heavy atom. The molecule has 0 unspecified atom stereocenters. The van der Waals surface area contributed by atoms with Gasteiger partial charge in [0.05, 0.1) is 0 Å². The molecule has 0 radical (unpaired) electrons. The van der Waals surface area contributed by atoms with Crippen LogP contribution in [-0.4, -0.2) is 30.6 Å². The maximum absolute atomic E-state index is 11.5. The van der Waals surface area contributed by atoms with Gasteiger partial charge >= 0.3 is 6.03 Å². The van der Waals surface area contributed by atoms with Gasteiger partial charge in [0.1, 0.15) is 0 Å². The van der Waals surface area contributed by atoms with Crippen molar-refractivity contribution >= 4 is 6.03 Å². The predicted molar refractivity (Wildman–Crippen MR) is 56.1 cm³/mol. The third kappa shape index (κ3) is 2.08. The van der Waals surface area contributed by atoms with Crippen LogP contribution in [0.3, 0.4) is 0 Å². The summed E-state index contributed by atoms with van der Waals surface area (Å²) in [5.41, 5.74) is 3.30. The van der Waals surface area contributed by atoms with E-state index in [4.69, 9.17) is 0 Å². The second-order valence-corrected chi connectivity index (χ2v) is 4.03. The highest BCUT2D eigenvalue weighted by atomic mass is 16.2. The van der Waals surface area contributed by atoms with Gasteiger partial charge in [-0.2, -0.15) is 0 Å². The summed E-state index contributed by atoms with van der Waals surface area (Å²) in [4.78, 5) is 13.4. The van der Waals surface area contributed by atoms with E-state index >= 15 is 0 Å². The van der Waals surface area contributed by atoms with Gasteiger partial charge in [-0.25, -0.2) is 4.79 Å². The highest BCUT2D eigenvalue weighted by molar-refractivity contribution is 5.74. The molecule has 2 aliphatic rings. The van der Waals surface area contributed by atoms with Gasteiger partial charge in [-0.15, -0.1) is 0 Å². The summed E-state index contributed by atoms with van der Waals surface area (Å²) in [5, 5.41) is 2.85. The van der Waals surface area contributed by atoms with Crippen molar-refractivity contribution in [2.45, 2.75) is 32.6 Å². The minimum Gasteiger partial charge on any atom is -0.338 e. The molecule has 1 saturated carbocycles. The molecule has 0 bridgehead atoms. The molecule has 3 heteroatoms. The van der Waals surface area contributed by atoms with E-state index in [2.05, 4.69) is 5.32 Å². The van der Waals surface area contributed by atoms with Crippen molar-refractivity contribution in [2.24, 2.45) is 0 Å². The van der Waals surface area contributed by atoms with Crippen molar-refractivity contribution in [3.63, 3.8) is 0 Å². The van der Waals surface area contributed by atoms with Gasteiger partial charge in [0.25, 0.3) is 0 Å². The van der Waals surface area contributed by atoms with Gasteiger partial charge < -0.3 is 10.2 Å². The molecule has 14 heavy (non-hydrogen) atoms. The standard InChI is InChI=1S/C11H18N2O/c1-2-12-11(14)13-7-5-10(6-8-13)9-3-4-9/h2-8H2,1H3,(H,12,14). The van der Waals surface area contributed by atoms with Crippen molar-refractivity contribution in [2.75, 3.05) is 19.6 Å². The highest BCUT2D eigenvalue weighted by Crippen LogP contribution is 2.35. The van der Waals surface area contributed by atoms with Crippen LogP contribution in [0, 0.1) is 0 Å². The first-order valence-corrected chi connectivity index (χ1v) is 5.54. The molecule has 1 saturated heterocycles. The fraction of sp³-hybridized carbons (Fsp3) is 0.727. The van der Waals surface area contributed by atoms with Gasteiger partial charge in [-0.3, -0.25) is 0 Å². The van der Waals surface area contributed by atoms with Crippen LogP contribution in [0.25, 0.3) is 0 Å². The van der Waals surface area contributed by atoms with Crippen molar-refractivity contribution in [1.29, 1.82) is 0 Å². The van der Waals surface area contributed by atoms with Crippen molar-refractivity contribution in [1.82, 2.24) is 10.2 Å². The summed E-state index contributed by atoms with van der Waals surface area (Å²) < 4.78 is 0. The molecular weight excluding hydrogens is 176 g/mol. The summed E-state index contributed by atoms with van der Waals surface area (Å²) in [6.45, 7) is 4.50. The molecule has 0 atom stereocenters. The van der Waals surface area contributed by atoms with Crippen LogP contribution in [0.1, 0.15) is 32.6 Å². The Labute approximate surface area is 85.2 Å². The largest absolute Gasteiger partial charge is 0.338 e. The lowest BCUT2D eigenvalue weighted by atomic mass is 10.0. The fourth-order valence-corrected chi connectivity index (χ4v) is 2.01. The molecule has 2 rings (SSSR count). The van der Waals surface area contributed by atoms with Crippen molar-refractivity contribution < 1.29 is 4.79 Å². The SMILES string of the molecule is CCNC(=O)N1CCC(=C2CC2)CC1. The first-order chi connectivity index (χ1) is 6.81. The number of urea groups is 1. The van der Waals surface area contributed by atoms with Gasteiger partial charge in [0.2, 0.25) is 0 Å². The molecule has 1 aliphatic heterocycles. The average Bonchev–Trinajstić information content (AvgIpc) is 3.02. The summed E-state index contributed by atoms with van der Waals surface area (Å²) >= 11 is 0. The quantitative estimate of drug-likeness (QED) is 0.635. The van der Waals surface area contributed by atoms with Gasteiger partial charge in [-0.1, -0.05) is 11.1 Å². The molecule has 1 heterocycles. The number of hydrogen-bond donors (Lipinski definition) is 1. The van der Waals surface area contributed by atoms with Gasteiger partial charge in [0, 0.05) is 19.6 Å². The number of carbonyl (C=O) groups is 1. The number of nitrogens with zero attached hydrogens (tertiary/aromatic N) is 1. The second-order valence-electron chi connectivity index (χ2n) is 4.03. The normalized spacial score (nSPS) is 21.1. The fourth-order valence-electron chi connectivity index (χ4n) is 2.01. The van der Waals surface area contributed by atoms with Crippen LogP contribution in [0.2, 0.25) is 0 Å². The Kier molecular flexibility index (Phi) is 2.75. The zero-order chi connectivity index (χ0) is 9.97. The van der Waals surface area contributed by atoms with E-state index in [9.17, 15) is 4.79 Å². The van der Waals surface area contributed by atoms with E-state index in [0.717, 1.165) is 32.5 Å². The molecule has 0 aromatic rings. The topological polar surface area (TPSA) is 32.3 Å². The minimum absolute atomic E-state index is 0.104. The Balaban J connectivity index is 1.83. The molecule has 2 fully saturated rings. The number of nitrogens with one attached hydrogen (secondary N) is 1. The first kappa shape index (κ1) is 9.56. The molecule has 78 valence electrons. The summed E-state index contributed by atoms with van der Waals surface area (Å²) in [6.07, 6.45) is 4.84. The van der Waals surface area contributed by atoms with Crippen LogP contribution in [0.4, 0.5) is 4.79 Å². The molecule has 0 spiro atoms. The lowest BCUT2D eigenvalue weighted by Gasteiger charge is -2.28. The Hall–Kier alpha value is -0.990. The number of hydrogen-bond acceptors (Lipinski definition) is 1. The van der Waals surface area contributed by atoms with Crippen molar-refractivity contribution in [3.05, 3.63) is 11.1 Å². The van der Waals surface area contributed by atoms with E-state index in [-0.39, 0.29) is 6.03 Å². The molecule has 1 aliphatic carbocycles. The Bertz CT molecular complexity index is 254. The molecule has 0 aromatic heterocycles. The van der Waals surface area contributed by atoms with E-state index in [1.165, 1.54) is 12.8 Å². The third-order valence-corrected chi connectivity index (χ3v) is 2.98.